The Morgan fingerprint density at radius 3 is 2.93 bits per heavy atom. The van der Waals surface area contributed by atoms with E-state index < -0.39 is 0 Å². The number of ether oxygens (including phenoxy) is 1. The second-order valence-electron chi connectivity index (χ2n) is 4.59. The second-order valence-corrected chi connectivity index (χ2v) is 4.59. The smallest absolute Gasteiger partial charge is 0.134 e. The molecule has 3 atom stereocenters. The largest absolute Gasteiger partial charge is 0.467 e. The number of rotatable bonds is 2. The molecule has 0 bridgehead atoms. The zero-order valence-electron chi connectivity index (χ0n) is 9.62. The van der Waals surface area contributed by atoms with Crippen LogP contribution in [0, 0.1) is 0 Å². The van der Waals surface area contributed by atoms with Crippen LogP contribution in [0.5, 0.6) is 0 Å². The van der Waals surface area contributed by atoms with E-state index in [0.29, 0.717) is 0 Å². The Hall–Kier alpha value is -0.800. The molecule has 0 aliphatic carbocycles. The van der Waals surface area contributed by atoms with Crippen LogP contribution in [0.2, 0.25) is 0 Å². The summed E-state index contributed by atoms with van der Waals surface area (Å²) in [5.74, 6) is 0.910. The van der Waals surface area contributed by atoms with Gasteiger partial charge in [-0.15, -0.1) is 0 Å². The molecule has 0 saturated carbocycles. The second kappa shape index (κ2) is 3.99. The number of furan rings is 1. The summed E-state index contributed by atoms with van der Waals surface area (Å²) < 4.78 is 11.3. The molecular formula is C12H19NO2. The molecule has 84 valence electrons. The molecule has 1 aliphatic rings. The quantitative estimate of drug-likeness (QED) is 0.812. The fourth-order valence-corrected chi connectivity index (χ4v) is 2.07. The Morgan fingerprint density at radius 1 is 1.60 bits per heavy atom. The average Bonchev–Trinajstić information content (AvgIpc) is 2.71. The standard InChI is InChI=1S/C12H19NO2/c1-4-12(3)8-15-11(9(2)13-12)10-6-5-7-14-10/h5-7,9,11,13H,4,8H2,1-3H3. The molecule has 3 heteroatoms. The van der Waals surface area contributed by atoms with E-state index in [0.717, 1.165) is 18.8 Å². The Morgan fingerprint density at radius 2 is 2.40 bits per heavy atom. The first-order valence-electron chi connectivity index (χ1n) is 5.57. The maximum atomic E-state index is 5.88. The van der Waals surface area contributed by atoms with Crippen molar-refractivity contribution in [1.82, 2.24) is 5.32 Å². The lowest BCUT2D eigenvalue weighted by molar-refractivity contribution is -0.0652. The van der Waals surface area contributed by atoms with E-state index in [1.165, 1.54) is 0 Å². The lowest BCUT2D eigenvalue weighted by Gasteiger charge is -2.41. The minimum absolute atomic E-state index is 0.0413. The highest BCUT2D eigenvalue weighted by molar-refractivity contribution is 5.07. The van der Waals surface area contributed by atoms with E-state index in [9.17, 15) is 0 Å². The van der Waals surface area contributed by atoms with Gasteiger partial charge in [0.15, 0.2) is 0 Å². The highest BCUT2D eigenvalue weighted by Crippen LogP contribution is 2.29. The predicted octanol–water partition coefficient (Wildman–Crippen LogP) is 2.50. The number of nitrogens with one attached hydrogen (secondary N) is 1. The van der Waals surface area contributed by atoms with Crippen molar-refractivity contribution in [2.45, 2.75) is 44.9 Å². The molecule has 0 aromatic carbocycles. The van der Waals surface area contributed by atoms with E-state index in [4.69, 9.17) is 9.15 Å². The van der Waals surface area contributed by atoms with E-state index in [1.54, 1.807) is 6.26 Å². The van der Waals surface area contributed by atoms with Crippen molar-refractivity contribution in [1.29, 1.82) is 0 Å². The van der Waals surface area contributed by atoms with Gasteiger partial charge in [-0.2, -0.15) is 0 Å². The summed E-state index contributed by atoms with van der Waals surface area (Å²) in [6.45, 7) is 7.25. The van der Waals surface area contributed by atoms with Gasteiger partial charge in [0, 0.05) is 11.6 Å². The van der Waals surface area contributed by atoms with Crippen LogP contribution in [0.1, 0.15) is 39.1 Å². The van der Waals surface area contributed by atoms with Gasteiger partial charge in [0.05, 0.1) is 12.9 Å². The van der Waals surface area contributed by atoms with Crippen molar-refractivity contribution in [3.05, 3.63) is 24.2 Å². The van der Waals surface area contributed by atoms with Gasteiger partial charge in [-0.25, -0.2) is 0 Å². The zero-order valence-corrected chi connectivity index (χ0v) is 9.62. The Kier molecular flexibility index (Phi) is 2.85. The number of hydrogen-bond donors (Lipinski definition) is 1. The molecule has 2 heterocycles. The van der Waals surface area contributed by atoms with Crippen molar-refractivity contribution in [3.63, 3.8) is 0 Å². The maximum absolute atomic E-state index is 5.88. The van der Waals surface area contributed by atoms with E-state index in [1.807, 2.05) is 12.1 Å². The van der Waals surface area contributed by atoms with Gasteiger partial charge < -0.3 is 14.5 Å². The summed E-state index contributed by atoms with van der Waals surface area (Å²) >= 11 is 0. The average molecular weight is 209 g/mol. The van der Waals surface area contributed by atoms with Gasteiger partial charge in [0.25, 0.3) is 0 Å². The summed E-state index contributed by atoms with van der Waals surface area (Å²) in [5.41, 5.74) is 0.0997. The minimum atomic E-state index is 0.0413. The normalized spacial score (nSPS) is 36.7. The molecule has 3 nitrogen and oxygen atoms in total. The van der Waals surface area contributed by atoms with Crippen LogP contribution < -0.4 is 5.32 Å². The van der Waals surface area contributed by atoms with Gasteiger partial charge in [-0.3, -0.25) is 0 Å². The summed E-state index contributed by atoms with van der Waals surface area (Å²) in [6.07, 6.45) is 2.81. The molecule has 1 N–H and O–H groups in total. The van der Waals surface area contributed by atoms with Gasteiger partial charge in [0.1, 0.15) is 11.9 Å². The SMILES string of the molecule is CCC1(C)COC(c2ccco2)C(C)N1. The minimum Gasteiger partial charge on any atom is -0.467 e. The van der Waals surface area contributed by atoms with E-state index >= 15 is 0 Å². The van der Waals surface area contributed by atoms with Gasteiger partial charge in [-0.1, -0.05) is 6.92 Å². The topological polar surface area (TPSA) is 34.4 Å². The lowest BCUT2D eigenvalue weighted by atomic mass is 9.94. The van der Waals surface area contributed by atoms with Crippen molar-refractivity contribution in [2.24, 2.45) is 0 Å². The number of hydrogen-bond acceptors (Lipinski definition) is 3. The van der Waals surface area contributed by atoms with Crippen LogP contribution in [0.4, 0.5) is 0 Å². The van der Waals surface area contributed by atoms with Crippen LogP contribution in [0.15, 0.2) is 22.8 Å². The zero-order chi connectivity index (χ0) is 10.9. The molecule has 0 radical (unpaired) electrons. The number of morpholine rings is 1. The highest BCUT2D eigenvalue weighted by Gasteiger charge is 2.36. The van der Waals surface area contributed by atoms with Crippen LogP contribution in [0.3, 0.4) is 0 Å². The van der Waals surface area contributed by atoms with E-state index in [-0.39, 0.29) is 17.7 Å². The third kappa shape index (κ3) is 2.08. The molecule has 15 heavy (non-hydrogen) atoms. The van der Waals surface area contributed by atoms with Crippen molar-refractivity contribution in [3.8, 4) is 0 Å². The first-order chi connectivity index (χ1) is 7.14. The van der Waals surface area contributed by atoms with Crippen molar-refractivity contribution in [2.75, 3.05) is 6.61 Å². The predicted molar refractivity (Wildman–Crippen MR) is 58.7 cm³/mol. The molecular weight excluding hydrogens is 190 g/mol. The molecule has 0 amide bonds. The monoisotopic (exact) mass is 209 g/mol. The molecule has 1 aromatic rings. The molecule has 1 aliphatic heterocycles. The molecule has 1 saturated heterocycles. The Bertz CT molecular complexity index is 309. The first-order valence-corrected chi connectivity index (χ1v) is 5.57. The van der Waals surface area contributed by atoms with E-state index in [2.05, 4.69) is 26.1 Å². The third-order valence-electron chi connectivity index (χ3n) is 3.22. The molecule has 1 fully saturated rings. The summed E-state index contributed by atoms with van der Waals surface area (Å²) in [4.78, 5) is 0. The fourth-order valence-electron chi connectivity index (χ4n) is 2.07. The molecule has 1 aromatic heterocycles. The Labute approximate surface area is 90.8 Å². The highest BCUT2D eigenvalue weighted by atomic mass is 16.5. The van der Waals surface area contributed by atoms with Gasteiger partial charge >= 0.3 is 0 Å². The van der Waals surface area contributed by atoms with Crippen LogP contribution in [-0.4, -0.2) is 18.2 Å². The maximum Gasteiger partial charge on any atom is 0.134 e. The van der Waals surface area contributed by atoms with Crippen LogP contribution in [0.25, 0.3) is 0 Å². The molecule has 3 unspecified atom stereocenters. The summed E-state index contributed by atoms with van der Waals surface area (Å²) in [6, 6.07) is 4.16. The van der Waals surface area contributed by atoms with Gasteiger partial charge in [0.2, 0.25) is 0 Å². The lowest BCUT2D eigenvalue weighted by Crippen LogP contribution is -2.56. The molecule has 2 rings (SSSR count). The fraction of sp³-hybridized carbons (Fsp3) is 0.667. The Balaban J connectivity index is 2.08. The summed E-state index contributed by atoms with van der Waals surface area (Å²) in [5, 5.41) is 3.60. The van der Waals surface area contributed by atoms with Crippen molar-refractivity contribution < 1.29 is 9.15 Å². The summed E-state index contributed by atoms with van der Waals surface area (Å²) in [7, 11) is 0. The van der Waals surface area contributed by atoms with Crippen LogP contribution in [-0.2, 0) is 4.74 Å². The third-order valence-corrected chi connectivity index (χ3v) is 3.22. The molecule has 0 spiro atoms. The van der Waals surface area contributed by atoms with Crippen LogP contribution >= 0.6 is 0 Å². The van der Waals surface area contributed by atoms with Gasteiger partial charge in [-0.05, 0) is 32.4 Å². The van der Waals surface area contributed by atoms with Crippen molar-refractivity contribution >= 4 is 0 Å². The first kappa shape index (κ1) is 10.7.